The molecular weight excluding hydrogens is 214 g/mol. The van der Waals surface area contributed by atoms with Gasteiger partial charge in [0.2, 0.25) is 0 Å². The van der Waals surface area contributed by atoms with Crippen LogP contribution in [0, 0.1) is 0 Å². The lowest BCUT2D eigenvalue weighted by molar-refractivity contribution is 0.624. The van der Waals surface area contributed by atoms with Gasteiger partial charge < -0.3 is 0 Å². The second-order valence-corrected chi connectivity index (χ2v) is 7.54. The first-order chi connectivity index (χ1) is 6.41. The van der Waals surface area contributed by atoms with Crippen molar-refractivity contribution in [2.75, 3.05) is 11.5 Å². The molecule has 2 unspecified atom stereocenters. The molecule has 2 atom stereocenters. The predicted molar refractivity (Wildman–Crippen MR) is 65.9 cm³/mol. The quantitative estimate of drug-likeness (QED) is 0.756. The van der Waals surface area contributed by atoms with Crippen molar-refractivity contribution in [3.8, 4) is 0 Å². The van der Waals surface area contributed by atoms with Crippen LogP contribution in [-0.2, 0) is 11.0 Å². The first-order valence-corrected chi connectivity index (χ1v) is 7.16. The summed E-state index contributed by atoms with van der Waals surface area (Å²) in [7, 11) is -0.964. The maximum absolute atomic E-state index is 11.8. The van der Waals surface area contributed by atoms with Gasteiger partial charge in [0.05, 0.1) is 15.7 Å². The van der Waals surface area contributed by atoms with E-state index < -0.39 is 11.0 Å². The summed E-state index contributed by atoms with van der Waals surface area (Å²) in [6, 6.07) is 0.241. The van der Waals surface area contributed by atoms with Crippen molar-refractivity contribution in [1.29, 1.82) is 0 Å². The predicted octanol–water partition coefficient (Wildman–Crippen LogP) is 2.10. The summed E-state index contributed by atoms with van der Waals surface area (Å²) in [6.45, 7) is 8.04. The summed E-state index contributed by atoms with van der Waals surface area (Å²) in [5.41, 5.74) is 1.38. The molecular formula is C10H19NOS2. The highest BCUT2D eigenvalue weighted by atomic mass is 32.2. The molecule has 0 spiro atoms. The fraction of sp³-hybridized carbons (Fsp3) is 0.800. The minimum Gasteiger partial charge on any atom is -0.242 e. The van der Waals surface area contributed by atoms with Crippen molar-refractivity contribution in [3.63, 3.8) is 0 Å². The second-order valence-electron chi connectivity index (χ2n) is 4.51. The first kappa shape index (κ1) is 12.3. The molecule has 0 fully saturated rings. The highest BCUT2D eigenvalue weighted by Crippen LogP contribution is 2.20. The zero-order chi connectivity index (χ0) is 10.8. The maximum atomic E-state index is 11.8. The highest BCUT2D eigenvalue weighted by molar-refractivity contribution is 7.99. The molecule has 1 rings (SSSR count). The molecule has 1 N–H and O–H groups in total. The maximum Gasteiger partial charge on any atom is 0.0975 e. The van der Waals surface area contributed by atoms with E-state index in [0.29, 0.717) is 0 Å². The molecule has 0 bridgehead atoms. The first-order valence-electron chi connectivity index (χ1n) is 4.86. The molecule has 0 aromatic heterocycles. The Bertz CT molecular complexity index is 255. The summed E-state index contributed by atoms with van der Waals surface area (Å²) in [5, 5.41) is 0. The Balaban J connectivity index is 2.48. The number of thioether (sulfide) groups is 1. The number of nitrogens with one attached hydrogen (secondary N) is 1. The van der Waals surface area contributed by atoms with Gasteiger partial charge in [0.15, 0.2) is 0 Å². The minimum absolute atomic E-state index is 0.180. The molecule has 0 saturated carbocycles. The van der Waals surface area contributed by atoms with Gasteiger partial charge in [-0.25, -0.2) is 8.93 Å². The van der Waals surface area contributed by atoms with E-state index in [2.05, 4.69) is 17.7 Å². The Morgan fingerprint density at radius 3 is 2.64 bits per heavy atom. The van der Waals surface area contributed by atoms with Gasteiger partial charge in [0, 0.05) is 17.5 Å². The number of hydrogen-bond donors (Lipinski definition) is 1. The summed E-state index contributed by atoms with van der Waals surface area (Å²) < 4.78 is 14.8. The van der Waals surface area contributed by atoms with Crippen LogP contribution in [-0.4, -0.2) is 26.5 Å². The summed E-state index contributed by atoms with van der Waals surface area (Å²) >= 11 is 1.91. The molecule has 14 heavy (non-hydrogen) atoms. The monoisotopic (exact) mass is 233 g/mol. The van der Waals surface area contributed by atoms with E-state index in [0.717, 1.165) is 11.5 Å². The van der Waals surface area contributed by atoms with Crippen molar-refractivity contribution in [2.24, 2.45) is 0 Å². The Labute approximate surface area is 93.5 Å². The molecule has 4 heteroatoms. The van der Waals surface area contributed by atoms with E-state index in [4.69, 9.17) is 0 Å². The highest BCUT2D eigenvalue weighted by Gasteiger charge is 2.23. The van der Waals surface area contributed by atoms with Gasteiger partial charge in [-0.3, -0.25) is 0 Å². The normalized spacial score (nSPS) is 21.9. The van der Waals surface area contributed by atoms with Crippen LogP contribution in [0.25, 0.3) is 0 Å². The van der Waals surface area contributed by atoms with Gasteiger partial charge in [-0.15, -0.1) is 0 Å². The fourth-order valence-electron chi connectivity index (χ4n) is 1.12. The SMILES string of the molecule is CC(NS(=O)C(C)(C)C)C1=CCSC1. The van der Waals surface area contributed by atoms with Crippen LogP contribution in [0.3, 0.4) is 0 Å². The van der Waals surface area contributed by atoms with E-state index in [-0.39, 0.29) is 10.8 Å². The third-order valence-electron chi connectivity index (χ3n) is 2.13. The van der Waals surface area contributed by atoms with Gasteiger partial charge in [-0.1, -0.05) is 6.08 Å². The standard InChI is InChI=1S/C10H19NOS2/c1-8(9-5-6-13-7-9)11-14(12)10(2,3)4/h5,8,11H,6-7H2,1-4H3. The van der Waals surface area contributed by atoms with E-state index in [9.17, 15) is 4.21 Å². The van der Waals surface area contributed by atoms with Crippen LogP contribution in [0.2, 0.25) is 0 Å². The Morgan fingerprint density at radius 2 is 2.21 bits per heavy atom. The van der Waals surface area contributed by atoms with Crippen molar-refractivity contribution in [1.82, 2.24) is 4.72 Å². The average Bonchev–Trinajstić information content (AvgIpc) is 2.53. The molecule has 1 aliphatic heterocycles. The molecule has 0 aromatic carbocycles. The van der Waals surface area contributed by atoms with Gasteiger partial charge in [0.25, 0.3) is 0 Å². The molecule has 0 aromatic rings. The lowest BCUT2D eigenvalue weighted by atomic mass is 10.2. The second kappa shape index (κ2) is 4.81. The third-order valence-corrected chi connectivity index (χ3v) is 4.75. The van der Waals surface area contributed by atoms with Gasteiger partial charge in [-0.05, 0) is 33.3 Å². The number of hydrogen-bond acceptors (Lipinski definition) is 2. The molecule has 0 amide bonds. The summed E-state index contributed by atoms with van der Waals surface area (Å²) in [4.78, 5) is 0. The lowest BCUT2D eigenvalue weighted by Crippen LogP contribution is -2.39. The molecule has 0 saturated heterocycles. The van der Waals surface area contributed by atoms with E-state index in [1.54, 1.807) is 0 Å². The topological polar surface area (TPSA) is 29.1 Å². The van der Waals surface area contributed by atoms with E-state index in [1.165, 1.54) is 5.57 Å². The van der Waals surface area contributed by atoms with Crippen molar-refractivity contribution in [3.05, 3.63) is 11.6 Å². The largest absolute Gasteiger partial charge is 0.242 e. The molecule has 0 aliphatic carbocycles. The lowest BCUT2D eigenvalue weighted by Gasteiger charge is -2.22. The van der Waals surface area contributed by atoms with Crippen LogP contribution in [0.1, 0.15) is 27.7 Å². The van der Waals surface area contributed by atoms with Crippen molar-refractivity contribution in [2.45, 2.75) is 38.5 Å². The Kier molecular flexibility index (Phi) is 4.22. The van der Waals surface area contributed by atoms with Crippen molar-refractivity contribution < 1.29 is 4.21 Å². The van der Waals surface area contributed by atoms with Crippen LogP contribution >= 0.6 is 11.8 Å². The van der Waals surface area contributed by atoms with Crippen molar-refractivity contribution >= 4 is 22.7 Å². The zero-order valence-corrected chi connectivity index (χ0v) is 10.9. The molecule has 2 nitrogen and oxygen atoms in total. The zero-order valence-electron chi connectivity index (χ0n) is 9.29. The minimum atomic E-state index is -0.964. The van der Waals surface area contributed by atoms with Gasteiger partial charge in [0.1, 0.15) is 0 Å². The smallest absolute Gasteiger partial charge is 0.0975 e. The van der Waals surface area contributed by atoms with Crippen LogP contribution in [0.4, 0.5) is 0 Å². The van der Waals surface area contributed by atoms with Gasteiger partial charge in [-0.2, -0.15) is 11.8 Å². The van der Waals surface area contributed by atoms with Crippen LogP contribution < -0.4 is 4.72 Å². The van der Waals surface area contributed by atoms with Crippen LogP contribution in [0.5, 0.6) is 0 Å². The molecule has 0 radical (unpaired) electrons. The van der Waals surface area contributed by atoms with Gasteiger partial charge >= 0.3 is 0 Å². The third kappa shape index (κ3) is 3.41. The van der Waals surface area contributed by atoms with E-state index in [1.807, 2.05) is 32.5 Å². The Morgan fingerprint density at radius 1 is 1.57 bits per heavy atom. The summed E-state index contributed by atoms with van der Waals surface area (Å²) in [6.07, 6.45) is 2.24. The fourth-order valence-corrected chi connectivity index (χ4v) is 3.00. The van der Waals surface area contributed by atoms with Crippen LogP contribution in [0.15, 0.2) is 11.6 Å². The average molecular weight is 233 g/mol. The molecule has 1 aliphatic rings. The Hall–Kier alpha value is 0.200. The molecule has 82 valence electrons. The molecule has 1 heterocycles. The number of rotatable bonds is 3. The summed E-state index contributed by atoms with van der Waals surface area (Å²) in [5.74, 6) is 2.18. The van der Waals surface area contributed by atoms with E-state index >= 15 is 0 Å².